The van der Waals surface area contributed by atoms with Crippen LogP contribution in [0.2, 0.25) is 10.0 Å². The van der Waals surface area contributed by atoms with Gasteiger partial charge in [-0.05, 0) is 42.9 Å². The Morgan fingerprint density at radius 1 is 1.35 bits per heavy atom. The molecule has 0 spiro atoms. The van der Waals surface area contributed by atoms with Crippen LogP contribution < -0.4 is 5.32 Å². The average molecular weight is 314 g/mol. The number of aliphatic hydroxyl groups is 1. The Kier molecular flexibility index (Phi) is 5.08. The van der Waals surface area contributed by atoms with E-state index < -0.39 is 0 Å². The normalized spacial score (nSPS) is 16.4. The monoisotopic (exact) mass is 313 g/mol. The minimum Gasteiger partial charge on any atom is -0.396 e. The molecule has 1 aliphatic rings. The van der Waals surface area contributed by atoms with Crippen LogP contribution in [0.5, 0.6) is 0 Å². The van der Waals surface area contributed by atoms with Gasteiger partial charge in [-0.3, -0.25) is 4.79 Å². The van der Waals surface area contributed by atoms with Crippen molar-refractivity contribution in [2.75, 3.05) is 13.2 Å². The van der Waals surface area contributed by atoms with E-state index in [1.54, 1.807) is 24.3 Å². The molecule has 5 heteroatoms. The maximum absolute atomic E-state index is 11.8. The first-order valence-electron chi connectivity index (χ1n) is 6.57. The highest BCUT2D eigenvalue weighted by Crippen LogP contribution is 2.47. The van der Waals surface area contributed by atoms with Crippen molar-refractivity contribution in [2.24, 2.45) is 5.41 Å². The van der Waals surface area contributed by atoms with Crippen LogP contribution in [0.1, 0.15) is 24.8 Å². The lowest BCUT2D eigenvalue weighted by atomic mass is 10.0. The summed E-state index contributed by atoms with van der Waals surface area (Å²) in [6.45, 7) is 0.772. The van der Waals surface area contributed by atoms with Gasteiger partial charge in [-0.25, -0.2) is 0 Å². The fourth-order valence-electron chi connectivity index (χ4n) is 2.09. The number of hydrogen-bond acceptors (Lipinski definition) is 2. The molecule has 2 rings (SSSR count). The molecule has 108 valence electrons. The number of carbonyl (C=O) groups excluding carboxylic acids is 1. The molecule has 1 saturated carbocycles. The lowest BCUT2D eigenvalue weighted by Gasteiger charge is -2.13. The van der Waals surface area contributed by atoms with E-state index in [9.17, 15) is 4.79 Å². The lowest BCUT2D eigenvalue weighted by molar-refractivity contribution is -0.116. The van der Waals surface area contributed by atoms with Crippen LogP contribution in [0.3, 0.4) is 0 Å². The van der Waals surface area contributed by atoms with Gasteiger partial charge in [-0.1, -0.05) is 29.3 Å². The Morgan fingerprint density at radius 3 is 2.55 bits per heavy atom. The first-order valence-corrected chi connectivity index (χ1v) is 7.33. The van der Waals surface area contributed by atoms with Gasteiger partial charge < -0.3 is 10.4 Å². The molecule has 0 heterocycles. The molecule has 0 aromatic heterocycles. The zero-order valence-electron chi connectivity index (χ0n) is 11.0. The minimum absolute atomic E-state index is 0.111. The van der Waals surface area contributed by atoms with E-state index in [1.165, 1.54) is 6.08 Å². The molecular formula is C15H17Cl2NO2. The maximum Gasteiger partial charge on any atom is 0.244 e. The molecule has 1 amide bonds. The first-order chi connectivity index (χ1) is 9.56. The molecule has 0 saturated heterocycles. The van der Waals surface area contributed by atoms with Gasteiger partial charge in [0.15, 0.2) is 0 Å². The lowest BCUT2D eigenvalue weighted by Crippen LogP contribution is -2.29. The summed E-state index contributed by atoms with van der Waals surface area (Å²) in [4.78, 5) is 11.8. The van der Waals surface area contributed by atoms with E-state index in [0.29, 0.717) is 22.2 Å². The van der Waals surface area contributed by atoms with Gasteiger partial charge in [0, 0.05) is 34.8 Å². The standard InChI is InChI=1S/C15H17Cl2NO2/c16-12-2-1-3-13(17)11(12)4-5-14(20)18-10-15(6-7-15)8-9-19/h1-5,19H,6-10H2,(H,18,20)/b5-4+. The largest absolute Gasteiger partial charge is 0.396 e. The second kappa shape index (κ2) is 6.61. The Hall–Kier alpha value is -1.03. The third-order valence-electron chi connectivity index (χ3n) is 3.64. The third kappa shape index (κ3) is 3.98. The van der Waals surface area contributed by atoms with Crippen LogP contribution in [0.25, 0.3) is 6.08 Å². The summed E-state index contributed by atoms with van der Waals surface area (Å²) in [7, 11) is 0. The third-order valence-corrected chi connectivity index (χ3v) is 4.30. The number of benzene rings is 1. The molecule has 3 nitrogen and oxygen atoms in total. The highest BCUT2D eigenvalue weighted by atomic mass is 35.5. The van der Waals surface area contributed by atoms with Gasteiger partial charge in [0.2, 0.25) is 5.91 Å². The van der Waals surface area contributed by atoms with Gasteiger partial charge in [0.05, 0.1) is 0 Å². The molecule has 1 fully saturated rings. The number of halogens is 2. The predicted molar refractivity (Wildman–Crippen MR) is 81.9 cm³/mol. The van der Waals surface area contributed by atoms with Gasteiger partial charge in [0.25, 0.3) is 0 Å². The van der Waals surface area contributed by atoms with Crippen LogP contribution in [0.15, 0.2) is 24.3 Å². The molecule has 0 bridgehead atoms. The molecule has 20 heavy (non-hydrogen) atoms. The summed E-state index contributed by atoms with van der Waals surface area (Å²) in [5.41, 5.74) is 0.753. The number of aliphatic hydroxyl groups excluding tert-OH is 1. The Balaban J connectivity index is 1.90. The van der Waals surface area contributed by atoms with Crippen molar-refractivity contribution >= 4 is 35.2 Å². The fourth-order valence-corrected chi connectivity index (χ4v) is 2.62. The quantitative estimate of drug-likeness (QED) is 0.792. The summed E-state index contributed by atoms with van der Waals surface area (Å²) < 4.78 is 0. The van der Waals surface area contributed by atoms with E-state index in [2.05, 4.69) is 5.32 Å². The number of hydrogen-bond donors (Lipinski definition) is 2. The van der Waals surface area contributed by atoms with E-state index >= 15 is 0 Å². The predicted octanol–water partition coefficient (Wildman–Crippen LogP) is 3.29. The van der Waals surface area contributed by atoms with Crippen molar-refractivity contribution < 1.29 is 9.90 Å². The van der Waals surface area contributed by atoms with Crippen LogP contribution >= 0.6 is 23.2 Å². The number of nitrogens with one attached hydrogen (secondary N) is 1. The second-order valence-electron chi connectivity index (χ2n) is 5.16. The van der Waals surface area contributed by atoms with Crippen molar-refractivity contribution in [3.63, 3.8) is 0 Å². The fraction of sp³-hybridized carbons (Fsp3) is 0.400. The number of amides is 1. The molecule has 1 aliphatic carbocycles. The SMILES string of the molecule is O=C(/C=C/c1c(Cl)cccc1Cl)NCC1(CCO)CC1. The van der Waals surface area contributed by atoms with Gasteiger partial charge in [-0.2, -0.15) is 0 Å². The summed E-state index contributed by atoms with van der Waals surface area (Å²) in [5.74, 6) is -0.176. The van der Waals surface area contributed by atoms with Gasteiger partial charge >= 0.3 is 0 Å². The van der Waals surface area contributed by atoms with Gasteiger partial charge in [0.1, 0.15) is 0 Å². The smallest absolute Gasteiger partial charge is 0.244 e. The highest BCUT2D eigenvalue weighted by molar-refractivity contribution is 6.37. The average Bonchev–Trinajstić information content (AvgIpc) is 3.17. The summed E-state index contributed by atoms with van der Waals surface area (Å²) >= 11 is 12.0. The second-order valence-corrected chi connectivity index (χ2v) is 5.97. The molecule has 0 atom stereocenters. The van der Waals surface area contributed by atoms with Crippen molar-refractivity contribution in [1.82, 2.24) is 5.32 Å². The molecule has 0 unspecified atom stereocenters. The van der Waals surface area contributed by atoms with Crippen LogP contribution in [-0.2, 0) is 4.79 Å². The van der Waals surface area contributed by atoms with Crippen LogP contribution in [-0.4, -0.2) is 24.2 Å². The zero-order chi connectivity index (χ0) is 14.6. The topological polar surface area (TPSA) is 49.3 Å². The first kappa shape index (κ1) is 15.4. The molecule has 0 aliphatic heterocycles. The van der Waals surface area contributed by atoms with Crippen molar-refractivity contribution in [2.45, 2.75) is 19.3 Å². The molecule has 2 N–H and O–H groups in total. The Bertz CT molecular complexity index is 504. The number of rotatable bonds is 6. The van der Waals surface area contributed by atoms with Crippen molar-refractivity contribution in [1.29, 1.82) is 0 Å². The van der Waals surface area contributed by atoms with E-state index in [0.717, 1.165) is 19.3 Å². The summed E-state index contributed by atoms with van der Waals surface area (Å²) in [6.07, 6.45) is 5.92. The van der Waals surface area contributed by atoms with Crippen molar-refractivity contribution in [3.8, 4) is 0 Å². The summed E-state index contributed by atoms with van der Waals surface area (Å²) in [6, 6.07) is 5.21. The van der Waals surface area contributed by atoms with Crippen LogP contribution in [0, 0.1) is 5.41 Å². The zero-order valence-corrected chi connectivity index (χ0v) is 12.5. The molecule has 1 aromatic carbocycles. The minimum atomic E-state index is -0.176. The highest BCUT2D eigenvalue weighted by Gasteiger charge is 2.41. The van der Waals surface area contributed by atoms with Crippen LogP contribution in [0.4, 0.5) is 0 Å². The Morgan fingerprint density at radius 2 is 2.00 bits per heavy atom. The molecule has 0 radical (unpaired) electrons. The van der Waals surface area contributed by atoms with E-state index in [-0.39, 0.29) is 17.9 Å². The van der Waals surface area contributed by atoms with E-state index in [1.807, 2.05) is 0 Å². The Labute approximate surface area is 128 Å². The number of carbonyl (C=O) groups is 1. The van der Waals surface area contributed by atoms with E-state index in [4.69, 9.17) is 28.3 Å². The summed E-state index contributed by atoms with van der Waals surface area (Å²) in [5, 5.41) is 12.8. The molecule has 1 aromatic rings. The van der Waals surface area contributed by atoms with Crippen molar-refractivity contribution in [3.05, 3.63) is 39.9 Å². The maximum atomic E-state index is 11.8. The van der Waals surface area contributed by atoms with Gasteiger partial charge in [-0.15, -0.1) is 0 Å². The molecular weight excluding hydrogens is 297 g/mol.